The first-order valence-corrected chi connectivity index (χ1v) is 9.11. The molecule has 2 unspecified atom stereocenters. The van der Waals surface area contributed by atoms with Crippen molar-refractivity contribution in [3.8, 4) is 22.6 Å². The molecule has 1 aliphatic rings. The molecule has 2 aromatic carbocycles. The van der Waals surface area contributed by atoms with Gasteiger partial charge in [-0.25, -0.2) is 4.39 Å². The lowest BCUT2D eigenvalue weighted by molar-refractivity contribution is -0.118. The van der Waals surface area contributed by atoms with E-state index in [1.807, 2.05) is 19.9 Å². The minimum absolute atomic E-state index is 0.0232. The summed E-state index contributed by atoms with van der Waals surface area (Å²) in [6.45, 7) is 5.82. The number of benzene rings is 2. The Morgan fingerprint density at radius 3 is 2.62 bits per heavy atom. The molecular weight excluding hydrogens is 355 g/mol. The summed E-state index contributed by atoms with van der Waals surface area (Å²) in [6.07, 6.45) is 0.853. The SMILES string of the molecule is CC(=O)C1CC1COc1ccc(-c2cc(Cl)cc(OC(C)C)c2)cc1F. The second-order valence-corrected chi connectivity index (χ2v) is 7.45. The standard InChI is InChI=1S/C21H22ClFO3/c1-12(2)26-18-7-15(6-17(22)10-18)14-4-5-21(20(23)9-14)25-11-16-8-19(16)13(3)24/h4-7,9-10,12,16,19H,8,11H2,1-3H3. The Balaban J connectivity index is 1.73. The third-order valence-corrected chi connectivity index (χ3v) is 4.62. The highest BCUT2D eigenvalue weighted by atomic mass is 35.5. The van der Waals surface area contributed by atoms with Crippen LogP contribution in [-0.2, 0) is 4.79 Å². The molecule has 0 saturated heterocycles. The molecule has 1 aliphatic carbocycles. The van der Waals surface area contributed by atoms with Gasteiger partial charge in [-0.2, -0.15) is 0 Å². The first-order valence-electron chi connectivity index (χ1n) is 8.74. The van der Waals surface area contributed by atoms with Crippen LogP contribution in [0.25, 0.3) is 11.1 Å². The van der Waals surface area contributed by atoms with Crippen LogP contribution in [0.4, 0.5) is 4.39 Å². The van der Waals surface area contributed by atoms with E-state index in [2.05, 4.69) is 0 Å². The van der Waals surface area contributed by atoms with E-state index in [-0.39, 0.29) is 29.5 Å². The van der Waals surface area contributed by atoms with Gasteiger partial charge in [-0.3, -0.25) is 4.79 Å². The summed E-state index contributed by atoms with van der Waals surface area (Å²) in [5.41, 5.74) is 1.47. The van der Waals surface area contributed by atoms with Crippen LogP contribution in [0.15, 0.2) is 36.4 Å². The first-order chi connectivity index (χ1) is 12.3. The van der Waals surface area contributed by atoms with Crippen LogP contribution >= 0.6 is 11.6 Å². The van der Waals surface area contributed by atoms with E-state index in [4.69, 9.17) is 21.1 Å². The van der Waals surface area contributed by atoms with Gasteiger partial charge in [-0.1, -0.05) is 17.7 Å². The van der Waals surface area contributed by atoms with Gasteiger partial charge in [0.05, 0.1) is 12.7 Å². The largest absolute Gasteiger partial charge is 0.491 e. The number of carbonyl (C=O) groups is 1. The summed E-state index contributed by atoms with van der Waals surface area (Å²) in [5.74, 6) is 0.859. The number of ether oxygens (including phenoxy) is 2. The van der Waals surface area contributed by atoms with E-state index in [0.29, 0.717) is 22.9 Å². The number of hydrogen-bond donors (Lipinski definition) is 0. The fraction of sp³-hybridized carbons (Fsp3) is 0.381. The van der Waals surface area contributed by atoms with Crippen molar-refractivity contribution in [3.63, 3.8) is 0 Å². The lowest BCUT2D eigenvalue weighted by Crippen LogP contribution is -2.06. The number of ketones is 1. The molecule has 0 bridgehead atoms. The maximum Gasteiger partial charge on any atom is 0.165 e. The molecule has 2 atom stereocenters. The molecule has 138 valence electrons. The average molecular weight is 377 g/mol. The highest BCUT2D eigenvalue weighted by Crippen LogP contribution is 2.40. The van der Waals surface area contributed by atoms with Gasteiger partial charge in [0.1, 0.15) is 11.5 Å². The number of Topliss-reactive ketones (excluding diaryl/α,β-unsaturated/α-hetero) is 1. The minimum Gasteiger partial charge on any atom is -0.491 e. The summed E-state index contributed by atoms with van der Waals surface area (Å²) in [6, 6.07) is 10.2. The average Bonchev–Trinajstić information content (AvgIpc) is 3.32. The highest BCUT2D eigenvalue weighted by molar-refractivity contribution is 6.31. The summed E-state index contributed by atoms with van der Waals surface area (Å²) < 4.78 is 25.7. The molecule has 3 nitrogen and oxygen atoms in total. The predicted octanol–water partition coefficient (Wildman–Crippen LogP) is 5.54. The van der Waals surface area contributed by atoms with Crippen molar-refractivity contribution < 1.29 is 18.7 Å². The second-order valence-electron chi connectivity index (χ2n) is 7.01. The van der Waals surface area contributed by atoms with Gasteiger partial charge < -0.3 is 9.47 Å². The fourth-order valence-electron chi connectivity index (χ4n) is 2.99. The van der Waals surface area contributed by atoms with Crippen LogP contribution in [0.3, 0.4) is 0 Å². The minimum atomic E-state index is -0.436. The molecule has 0 heterocycles. The molecule has 2 aromatic rings. The van der Waals surface area contributed by atoms with Crippen molar-refractivity contribution in [2.75, 3.05) is 6.61 Å². The third kappa shape index (κ3) is 4.55. The fourth-order valence-corrected chi connectivity index (χ4v) is 3.22. The van der Waals surface area contributed by atoms with Gasteiger partial charge in [-0.15, -0.1) is 0 Å². The Morgan fingerprint density at radius 2 is 2.00 bits per heavy atom. The maximum atomic E-state index is 14.4. The van der Waals surface area contributed by atoms with Crippen molar-refractivity contribution in [2.45, 2.75) is 33.3 Å². The van der Waals surface area contributed by atoms with Gasteiger partial charge in [-0.05, 0) is 68.7 Å². The van der Waals surface area contributed by atoms with Crippen molar-refractivity contribution in [3.05, 3.63) is 47.2 Å². The van der Waals surface area contributed by atoms with Gasteiger partial charge >= 0.3 is 0 Å². The Hall–Kier alpha value is -2.07. The lowest BCUT2D eigenvalue weighted by Gasteiger charge is -2.13. The molecule has 3 rings (SSSR count). The highest BCUT2D eigenvalue weighted by Gasteiger charge is 2.41. The number of rotatable bonds is 7. The molecule has 26 heavy (non-hydrogen) atoms. The van der Waals surface area contributed by atoms with E-state index in [9.17, 15) is 9.18 Å². The zero-order valence-electron chi connectivity index (χ0n) is 15.1. The number of hydrogen-bond acceptors (Lipinski definition) is 3. The van der Waals surface area contributed by atoms with Gasteiger partial charge in [0.15, 0.2) is 11.6 Å². The van der Waals surface area contributed by atoms with Crippen molar-refractivity contribution in [1.82, 2.24) is 0 Å². The van der Waals surface area contributed by atoms with Gasteiger partial charge in [0.2, 0.25) is 0 Å². The van der Waals surface area contributed by atoms with Crippen molar-refractivity contribution >= 4 is 17.4 Å². The maximum absolute atomic E-state index is 14.4. The monoisotopic (exact) mass is 376 g/mol. The zero-order valence-corrected chi connectivity index (χ0v) is 15.8. The molecule has 1 saturated carbocycles. The predicted molar refractivity (Wildman–Crippen MR) is 100 cm³/mol. The Labute approximate surface area is 158 Å². The van der Waals surface area contributed by atoms with E-state index in [0.717, 1.165) is 12.0 Å². The smallest absolute Gasteiger partial charge is 0.165 e. The Kier molecular flexibility index (Phi) is 5.52. The van der Waals surface area contributed by atoms with Crippen LogP contribution in [0.5, 0.6) is 11.5 Å². The van der Waals surface area contributed by atoms with Crippen LogP contribution < -0.4 is 9.47 Å². The van der Waals surface area contributed by atoms with Gasteiger partial charge in [0, 0.05) is 16.9 Å². The van der Waals surface area contributed by atoms with Crippen LogP contribution in [0, 0.1) is 17.7 Å². The van der Waals surface area contributed by atoms with Gasteiger partial charge in [0.25, 0.3) is 0 Å². The molecule has 0 N–H and O–H groups in total. The molecule has 0 radical (unpaired) electrons. The topological polar surface area (TPSA) is 35.5 Å². The molecule has 0 amide bonds. The summed E-state index contributed by atoms with van der Waals surface area (Å²) in [7, 11) is 0. The van der Waals surface area contributed by atoms with Crippen LogP contribution in [0.2, 0.25) is 5.02 Å². The molecule has 1 fully saturated rings. The molecule has 0 aromatic heterocycles. The summed E-state index contributed by atoms with van der Waals surface area (Å²) in [4.78, 5) is 11.3. The van der Waals surface area contributed by atoms with E-state index in [1.165, 1.54) is 6.07 Å². The lowest BCUT2D eigenvalue weighted by atomic mass is 10.0. The van der Waals surface area contributed by atoms with Crippen molar-refractivity contribution in [2.24, 2.45) is 11.8 Å². The van der Waals surface area contributed by atoms with E-state index < -0.39 is 5.82 Å². The van der Waals surface area contributed by atoms with E-state index >= 15 is 0 Å². The Bertz CT molecular complexity index is 819. The molecule has 0 spiro atoms. The second kappa shape index (κ2) is 7.67. The number of halogens is 2. The van der Waals surface area contributed by atoms with Crippen LogP contribution in [-0.4, -0.2) is 18.5 Å². The molecule has 5 heteroatoms. The quantitative estimate of drug-likeness (QED) is 0.636. The van der Waals surface area contributed by atoms with E-state index in [1.54, 1.807) is 31.2 Å². The van der Waals surface area contributed by atoms with Crippen molar-refractivity contribution in [1.29, 1.82) is 0 Å². The summed E-state index contributed by atoms with van der Waals surface area (Å²) in [5, 5.41) is 0.530. The molecular formula is C21H22ClFO3. The third-order valence-electron chi connectivity index (χ3n) is 4.41. The normalized spacial score (nSPS) is 18.7. The summed E-state index contributed by atoms with van der Waals surface area (Å²) >= 11 is 6.16. The van der Waals surface area contributed by atoms with Crippen LogP contribution in [0.1, 0.15) is 27.2 Å². The Morgan fingerprint density at radius 1 is 1.23 bits per heavy atom. The number of carbonyl (C=O) groups excluding carboxylic acids is 1. The first kappa shape index (κ1) is 18.7. The zero-order chi connectivity index (χ0) is 18.8. The molecule has 0 aliphatic heterocycles.